The van der Waals surface area contributed by atoms with Crippen LogP contribution in [-0.4, -0.2) is 17.9 Å². The van der Waals surface area contributed by atoms with E-state index < -0.39 is 0 Å². The van der Waals surface area contributed by atoms with Crippen molar-refractivity contribution in [1.82, 2.24) is 4.90 Å². The number of hydrogen-bond donors (Lipinski definition) is 1. The van der Waals surface area contributed by atoms with Gasteiger partial charge < -0.3 is 10.6 Å². The lowest BCUT2D eigenvalue weighted by Crippen LogP contribution is -2.27. The minimum atomic E-state index is -0.0656. The number of benzene rings is 2. The van der Waals surface area contributed by atoms with Crippen LogP contribution in [0.25, 0.3) is 0 Å². The lowest BCUT2D eigenvalue weighted by Gasteiger charge is -2.19. The molecule has 0 unspecified atom stereocenters. The molecule has 2 N–H and O–H groups in total. The van der Waals surface area contributed by atoms with E-state index in [1.807, 2.05) is 25.1 Å². The van der Waals surface area contributed by atoms with Crippen molar-refractivity contribution in [3.63, 3.8) is 0 Å². The standard InChI is InChI=1S/C17H17N3O/c1-12-3-8-15(19)9-16(12)17(21)20(2)11-14-6-4-13(10-18)5-7-14/h3-9H,11,19H2,1-2H3. The van der Waals surface area contributed by atoms with Crippen LogP contribution < -0.4 is 5.73 Å². The molecule has 2 rings (SSSR count). The summed E-state index contributed by atoms with van der Waals surface area (Å²) in [7, 11) is 1.75. The van der Waals surface area contributed by atoms with Crippen LogP contribution in [0.2, 0.25) is 0 Å². The van der Waals surface area contributed by atoms with Crippen LogP contribution in [-0.2, 0) is 6.54 Å². The maximum atomic E-state index is 12.5. The minimum Gasteiger partial charge on any atom is -0.399 e. The summed E-state index contributed by atoms with van der Waals surface area (Å²) in [5.41, 5.74) is 9.44. The molecule has 2 aromatic carbocycles. The summed E-state index contributed by atoms with van der Waals surface area (Å²) in [4.78, 5) is 14.1. The highest BCUT2D eigenvalue weighted by Crippen LogP contribution is 2.16. The molecule has 0 aliphatic rings. The lowest BCUT2D eigenvalue weighted by atomic mass is 10.1. The fourth-order valence-electron chi connectivity index (χ4n) is 2.11. The number of nitrogen functional groups attached to an aromatic ring is 1. The van der Waals surface area contributed by atoms with Gasteiger partial charge in [0.1, 0.15) is 0 Å². The van der Waals surface area contributed by atoms with Gasteiger partial charge >= 0.3 is 0 Å². The Morgan fingerprint density at radius 2 is 1.90 bits per heavy atom. The number of nitrogens with two attached hydrogens (primary N) is 1. The number of hydrogen-bond acceptors (Lipinski definition) is 3. The van der Waals surface area contributed by atoms with Crippen LogP contribution in [0.5, 0.6) is 0 Å². The Hall–Kier alpha value is -2.80. The van der Waals surface area contributed by atoms with Crippen molar-refractivity contribution in [3.05, 3.63) is 64.7 Å². The van der Waals surface area contributed by atoms with Gasteiger partial charge in [-0.2, -0.15) is 5.26 Å². The molecule has 0 atom stereocenters. The molecular weight excluding hydrogens is 262 g/mol. The van der Waals surface area contributed by atoms with E-state index in [1.165, 1.54) is 0 Å². The molecule has 4 nitrogen and oxygen atoms in total. The van der Waals surface area contributed by atoms with Crippen molar-refractivity contribution < 1.29 is 4.79 Å². The van der Waals surface area contributed by atoms with E-state index in [1.54, 1.807) is 36.2 Å². The maximum absolute atomic E-state index is 12.5. The molecule has 21 heavy (non-hydrogen) atoms. The van der Waals surface area contributed by atoms with E-state index in [4.69, 9.17) is 11.0 Å². The molecule has 0 heterocycles. The van der Waals surface area contributed by atoms with Crippen LogP contribution in [0.15, 0.2) is 42.5 Å². The molecule has 0 bridgehead atoms. The fourth-order valence-corrected chi connectivity index (χ4v) is 2.11. The molecule has 0 fully saturated rings. The summed E-state index contributed by atoms with van der Waals surface area (Å²) in [5.74, 6) is -0.0656. The molecule has 0 saturated heterocycles. The lowest BCUT2D eigenvalue weighted by molar-refractivity contribution is 0.0784. The van der Waals surface area contributed by atoms with Gasteiger partial charge in [0, 0.05) is 24.8 Å². The van der Waals surface area contributed by atoms with Gasteiger partial charge in [0.2, 0.25) is 0 Å². The molecule has 0 spiro atoms. The molecule has 4 heteroatoms. The second-order valence-electron chi connectivity index (χ2n) is 5.04. The van der Waals surface area contributed by atoms with E-state index in [-0.39, 0.29) is 5.91 Å². The van der Waals surface area contributed by atoms with Crippen molar-refractivity contribution in [2.24, 2.45) is 0 Å². The summed E-state index contributed by atoms with van der Waals surface area (Å²) in [6.45, 7) is 2.38. The third-order valence-electron chi connectivity index (χ3n) is 3.34. The zero-order valence-electron chi connectivity index (χ0n) is 12.1. The number of nitrogens with zero attached hydrogens (tertiary/aromatic N) is 2. The second kappa shape index (κ2) is 6.10. The average molecular weight is 279 g/mol. The number of rotatable bonds is 3. The first-order chi connectivity index (χ1) is 10.0. The van der Waals surface area contributed by atoms with E-state index in [0.29, 0.717) is 23.4 Å². The normalized spacial score (nSPS) is 9.95. The zero-order valence-corrected chi connectivity index (χ0v) is 12.1. The Bertz CT molecular complexity index is 699. The summed E-state index contributed by atoms with van der Waals surface area (Å²) < 4.78 is 0. The molecule has 1 amide bonds. The second-order valence-corrected chi connectivity index (χ2v) is 5.04. The third kappa shape index (κ3) is 3.40. The topological polar surface area (TPSA) is 70.1 Å². The summed E-state index contributed by atoms with van der Waals surface area (Å²) >= 11 is 0. The Morgan fingerprint density at radius 3 is 2.52 bits per heavy atom. The number of carbonyl (C=O) groups is 1. The van der Waals surface area contributed by atoms with Gasteiger partial charge in [-0.1, -0.05) is 18.2 Å². The van der Waals surface area contributed by atoms with Gasteiger partial charge in [-0.05, 0) is 42.3 Å². The highest BCUT2D eigenvalue weighted by molar-refractivity contribution is 5.96. The first-order valence-electron chi connectivity index (χ1n) is 6.62. The molecule has 0 aliphatic carbocycles. The van der Waals surface area contributed by atoms with E-state index in [2.05, 4.69) is 6.07 Å². The van der Waals surface area contributed by atoms with Gasteiger partial charge in [0.25, 0.3) is 5.91 Å². The van der Waals surface area contributed by atoms with Gasteiger partial charge in [-0.3, -0.25) is 4.79 Å². The van der Waals surface area contributed by atoms with Gasteiger partial charge in [0.05, 0.1) is 11.6 Å². The predicted molar refractivity (Wildman–Crippen MR) is 82.5 cm³/mol. The van der Waals surface area contributed by atoms with Crippen molar-refractivity contribution in [2.45, 2.75) is 13.5 Å². The summed E-state index contributed by atoms with van der Waals surface area (Å²) in [5, 5.41) is 8.78. The Kier molecular flexibility index (Phi) is 4.24. The maximum Gasteiger partial charge on any atom is 0.254 e. The number of amides is 1. The van der Waals surface area contributed by atoms with Crippen LogP contribution in [0, 0.1) is 18.3 Å². The van der Waals surface area contributed by atoms with Crippen LogP contribution in [0.1, 0.15) is 27.0 Å². The predicted octanol–water partition coefficient (Wildman–Crippen LogP) is 2.72. The van der Waals surface area contributed by atoms with Crippen LogP contribution in [0.3, 0.4) is 0 Å². The zero-order chi connectivity index (χ0) is 15.4. The van der Waals surface area contributed by atoms with Gasteiger partial charge in [0.15, 0.2) is 0 Å². The molecule has 0 aromatic heterocycles. The quantitative estimate of drug-likeness (QED) is 0.878. The Morgan fingerprint density at radius 1 is 1.24 bits per heavy atom. The molecule has 0 radical (unpaired) electrons. The van der Waals surface area contributed by atoms with E-state index in [0.717, 1.165) is 11.1 Å². The number of nitriles is 1. The van der Waals surface area contributed by atoms with Crippen molar-refractivity contribution in [1.29, 1.82) is 5.26 Å². The average Bonchev–Trinajstić information content (AvgIpc) is 2.49. The fraction of sp³-hybridized carbons (Fsp3) is 0.176. The molecule has 0 saturated carbocycles. The minimum absolute atomic E-state index is 0.0656. The van der Waals surface area contributed by atoms with E-state index >= 15 is 0 Å². The Labute approximate surface area is 124 Å². The van der Waals surface area contributed by atoms with Crippen molar-refractivity contribution >= 4 is 11.6 Å². The first-order valence-corrected chi connectivity index (χ1v) is 6.62. The highest BCUT2D eigenvalue weighted by atomic mass is 16.2. The van der Waals surface area contributed by atoms with Crippen molar-refractivity contribution in [3.8, 4) is 6.07 Å². The smallest absolute Gasteiger partial charge is 0.254 e. The number of anilines is 1. The third-order valence-corrected chi connectivity index (χ3v) is 3.34. The number of aryl methyl sites for hydroxylation is 1. The van der Waals surface area contributed by atoms with Gasteiger partial charge in [-0.15, -0.1) is 0 Å². The molecule has 106 valence electrons. The molecular formula is C17H17N3O. The molecule has 0 aliphatic heterocycles. The number of carbonyl (C=O) groups excluding carboxylic acids is 1. The summed E-state index contributed by atoms with van der Waals surface area (Å²) in [6.07, 6.45) is 0. The van der Waals surface area contributed by atoms with Crippen molar-refractivity contribution in [2.75, 3.05) is 12.8 Å². The Balaban J connectivity index is 2.15. The SMILES string of the molecule is Cc1ccc(N)cc1C(=O)N(C)Cc1ccc(C#N)cc1. The molecule has 2 aromatic rings. The first kappa shape index (κ1) is 14.6. The van der Waals surface area contributed by atoms with E-state index in [9.17, 15) is 4.79 Å². The highest BCUT2D eigenvalue weighted by Gasteiger charge is 2.14. The summed E-state index contributed by atoms with van der Waals surface area (Å²) in [6, 6.07) is 14.6. The largest absolute Gasteiger partial charge is 0.399 e. The monoisotopic (exact) mass is 279 g/mol. The van der Waals surface area contributed by atoms with Gasteiger partial charge in [-0.25, -0.2) is 0 Å². The van der Waals surface area contributed by atoms with Crippen LogP contribution in [0.4, 0.5) is 5.69 Å². The van der Waals surface area contributed by atoms with Crippen LogP contribution >= 0.6 is 0 Å².